The van der Waals surface area contributed by atoms with Crippen LogP contribution in [0.25, 0.3) is 0 Å². The van der Waals surface area contributed by atoms with E-state index in [2.05, 4.69) is 11.0 Å². The van der Waals surface area contributed by atoms with Gasteiger partial charge in [-0.25, -0.2) is 0 Å². The number of rotatable bonds is 8. The Labute approximate surface area is 103 Å². The normalized spacial score (nSPS) is 15.9. The van der Waals surface area contributed by atoms with E-state index in [1.165, 1.54) is 12.8 Å². The molecule has 0 heterocycles. The van der Waals surface area contributed by atoms with E-state index in [0.717, 1.165) is 19.4 Å². The molecule has 0 radical (unpaired) electrons. The monoisotopic (exact) mass is 238 g/mol. The average Bonchev–Trinajstić information content (AvgIpc) is 3.06. The van der Waals surface area contributed by atoms with Crippen LogP contribution in [0.3, 0.4) is 0 Å². The third-order valence-corrected chi connectivity index (χ3v) is 3.23. The summed E-state index contributed by atoms with van der Waals surface area (Å²) in [4.78, 5) is 12.8. The Bertz CT molecular complexity index is 303. The first kappa shape index (κ1) is 14.0. The Hall–Kier alpha value is -1.08. The minimum absolute atomic E-state index is 0.220. The number of nitrogens with zero attached hydrogens (tertiary/aromatic N) is 2. The minimum atomic E-state index is -0.729. The van der Waals surface area contributed by atoms with Gasteiger partial charge in [-0.1, -0.05) is 0 Å². The third kappa shape index (κ3) is 5.69. The van der Waals surface area contributed by atoms with Gasteiger partial charge in [-0.3, -0.25) is 9.69 Å². The number of aliphatic carboxylic acids is 1. The summed E-state index contributed by atoms with van der Waals surface area (Å²) in [6, 6.07) is 2.89. The van der Waals surface area contributed by atoms with Crippen molar-refractivity contribution in [2.75, 3.05) is 13.1 Å². The van der Waals surface area contributed by atoms with E-state index in [1.807, 2.05) is 13.8 Å². The highest BCUT2D eigenvalue weighted by atomic mass is 16.4. The van der Waals surface area contributed by atoms with Crippen LogP contribution in [0.4, 0.5) is 0 Å². The fourth-order valence-electron chi connectivity index (χ4n) is 1.94. The molecule has 0 atom stereocenters. The standard InChI is InChI=1S/C13H22N2O2/c1-13(2,10-14)7-3-8-15(11-4-5-11)9-6-12(16)17/h11H,3-9H2,1-2H3,(H,16,17). The molecule has 1 saturated carbocycles. The van der Waals surface area contributed by atoms with Crippen molar-refractivity contribution >= 4 is 5.97 Å². The second-order valence-corrected chi connectivity index (χ2v) is 5.51. The lowest BCUT2D eigenvalue weighted by molar-refractivity contribution is -0.137. The zero-order chi connectivity index (χ0) is 12.9. The van der Waals surface area contributed by atoms with Crippen molar-refractivity contribution in [2.45, 2.75) is 52.0 Å². The Kier molecular flexibility index (Phi) is 4.95. The SMILES string of the molecule is CC(C)(C#N)CCCN(CCC(=O)O)C1CC1. The second-order valence-electron chi connectivity index (χ2n) is 5.51. The number of hydrogen-bond acceptors (Lipinski definition) is 3. The van der Waals surface area contributed by atoms with E-state index < -0.39 is 5.97 Å². The lowest BCUT2D eigenvalue weighted by atomic mass is 9.90. The van der Waals surface area contributed by atoms with Crippen LogP contribution in [-0.2, 0) is 4.79 Å². The number of nitriles is 1. The molecule has 1 N–H and O–H groups in total. The van der Waals surface area contributed by atoms with Crippen molar-refractivity contribution in [2.24, 2.45) is 5.41 Å². The zero-order valence-electron chi connectivity index (χ0n) is 10.8. The van der Waals surface area contributed by atoms with Crippen LogP contribution in [0, 0.1) is 16.7 Å². The van der Waals surface area contributed by atoms with E-state index >= 15 is 0 Å². The predicted octanol–water partition coefficient (Wildman–Crippen LogP) is 2.26. The number of carboxylic acids is 1. The molecule has 1 aliphatic rings. The van der Waals surface area contributed by atoms with Gasteiger partial charge in [0.2, 0.25) is 0 Å². The molecule has 0 amide bonds. The molecule has 0 aromatic carbocycles. The highest BCUT2D eigenvalue weighted by Crippen LogP contribution is 2.28. The van der Waals surface area contributed by atoms with Gasteiger partial charge in [0.25, 0.3) is 0 Å². The minimum Gasteiger partial charge on any atom is -0.481 e. The summed E-state index contributed by atoms with van der Waals surface area (Å²) in [6.45, 7) is 5.47. The smallest absolute Gasteiger partial charge is 0.304 e. The Morgan fingerprint density at radius 2 is 2.12 bits per heavy atom. The molecule has 96 valence electrons. The summed E-state index contributed by atoms with van der Waals surface area (Å²) in [7, 11) is 0. The van der Waals surface area contributed by atoms with E-state index in [-0.39, 0.29) is 11.8 Å². The van der Waals surface area contributed by atoms with Crippen LogP contribution < -0.4 is 0 Å². The van der Waals surface area contributed by atoms with Crippen molar-refractivity contribution in [3.63, 3.8) is 0 Å². The lowest BCUT2D eigenvalue weighted by Crippen LogP contribution is -2.30. The maximum atomic E-state index is 10.6. The highest BCUT2D eigenvalue weighted by Gasteiger charge is 2.29. The number of carboxylic acid groups (broad SMARTS) is 1. The van der Waals surface area contributed by atoms with Gasteiger partial charge in [0, 0.05) is 12.6 Å². The molecule has 0 aromatic heterocycles. The molecule has 17 heavy (non-hydrogen) atoms. The summed E-state index contributed by atoms with van der Waals surface area (Å²) in [6.07, 6.45) is 4.46. The molecule has 1 fully saturated rings. The van der Waals surface area contributed by atoms with Gasteiger partial charge in [0.05, 0.1) is 17.9 Å². The van der Waals surface area contributed by atoms with Crippen molar-refractivity contribution in [1.29, 1.82) is 5.26 Å². The molecule has 0 aliphatic heterocycles. The molecule has 4 heteroatoms. The van der Waals surface area contributed by atoms with Crippen molar-refractivity contribution in [1.82, 2.24) is 4.90 Å². The molecular formula is C13H22N2O2. The van der Waals surface area contributed by atoms with Gasteiger partial charge >= 0.3 is 5.97 Å². The van der Waals surface area contributed by atoms with Crippen LogP contribution in [-0.4, -0.2) is 35.1 Å². The molecule has 0 spiro atoms. The summed E-state index contributed by atoms with van der Waals surface area (Å²) in [5, 5.41) is 17.6. The van der Waals surface area contributed by atoms with E-state index in [4.69, 9.17) is 10.4 Å². The first-order valence-corrected chi connectivity index (χ1v) is 6.32. The number of hydrogen-bond donors (Lipinski definition) is 1. The molecule has 1 rings (SSSR count). The largest absolute Gasteiger partial charge is 0.481 e. The Morgan fingerprint density at radius 3 is 2.59 bits per heavy atom. The molecule has 4 nitrogen and oxygen atoms in total. The summed E-state index contributed by atoms with van der Waals surface area (Å²) >= 11 is 0. The first-order valence-electron chi connectivity index (χ1n) is 6.32. The average molecular weight is 238 g/mol. The maximum Gasteiger partial charge on any atom is 0.304 e. The predicted molar refractivity (Wildman–Crippen MR) is 65.5 cm³/mol. The van der Waals surface area contributed by atoms with Crippen LogP contribution >= 0.6 is 0 Å². The van der Waals surface area contributed by atoms with Crippen LogP contribution in [0.5, 0.6) is 0 Å². The summed E-state index contributed by atoms with van der Waals surface area (Å²) in [5.74, 6) is -0.729. The van der Waals surface area contributed by atoms with Gasteiger partial charge in [-0.2, -0.15) is 5.26 Å². The van der Waals surface area contributed by atoms with Gasteiger partial charge in [0.15, 0.2) is 0 Å². The van der Waals surface area contributed by atoms with Crippen LogP contribution in [0.1, 0.15) is 46.0 Å². The molecule has 0 bridgehead atoms. The van der Waals surface area contributed by atoms with Gasteiger partial charge < -0.3 is 5.11 Å². The van der Waals surface area contributed by atoms with Gasteiger partial charge in [-0.05, 0) is 46.1 Å². The maximum absolute atomic E-state index is 10.6. The Morgan fingerprint density at radius 1 is 1.47 bits per heavy atom. The fraction of sp³-hybridized carbons (Fsp3) is 0.846. The van der Waals surface area contributed by atoms with Crippen molar-refractivity contribution < 1.29 is 9.90 Å². The highest BCUT2D eigenvalue weighted by molar-refractivity contribution is 5.66. The van der Waals surface area contributed by atoms with Crippen molar-refractivity contribution in [3.05, 3.63) is 0 Å². The first-order chi connectivity index (χ1) is 7.94. The second kappa shape index (κ2) is 6.02. The topological polar surface area (TPSA) is 64.3 Å². The zero-order valence-corrected chi connectivity index (χ0v) is 10.8. The van der Waals surface area contributed by atoms with E-state index in [9.17, 15) is 4.79 Å². The van der Waals surface area contributed by atoms with Crippen molar-refractivity contribution in [3.8, 4) is 6.07 Å². The molecule has 0 unspecified atom stereocenters. The Balaban J connectivity index is 2.26. The summed E-state index contributed by atoms with van der Waals surface area (Å²) < 4.78 is 0. The fourth-order valence-corrected chi connectivity index (χ4v) is 1.94. The molecular weight excluding hydrogens is 216 g/mol. The molecule has 0 saturated heterocycles. The van der Waals surface area contributed by atoms with Gasteiger partial charge in [0.1, 0.15) is 0 Å². The number of carbonyl (C=O) groups is 1. The molecule has 0 aromatic rings. The van der Waals surface area contributed by atoms with Gasteiger partial charge in [-0.15, -0.1) is 0 Å². The van der Waals surface area contributed by atoms with E-state index in [0.29, 0.717) is 12.6 Å². The van der Waals surface area contributed by atoms with Crippen LogP contribution in [0.2, 0.25) is 0 Å². The summed E-state index contributed by atoms with van der Waals surface area (Å²) in [5.41, 5.74) is -0.262. The van der Waals surface area contributed by atoms with E-state index in [1.54, 1.807) is 0 Å². The lowest BCUT2D eigenvalue weighted by Gasteiger charge is -2.23. The quantitative estimate of drug-likeness (QED) is 0.704. The van der Waals surface area contributed by atoms with Crippen LogP contribution in [0.15, 0.2) is 0 Å². The third-order valence-electron chi connectivity index (χ3n) is 3.23. The molecule has 1 aliphatic carbocycles.